The summed E-state index contributed by atoms with van der Waals surface area (Å²) < 4.78 is 0. The van der Waals surface area contributed by atoms with E-state index in [0.717, 1.165) is 0 Å². The van der Waals surface area contributed by atoms with Crippen molar-refractivity contribution in [1.29, 1.82) is 0 Å². The Balaban J connectivity index is 1.06. The van der Waals surface area contributed by atoms with Crippen molar-refractivity contribution in [3.8, 4) is 5.75 Å². The Kier molecular flexibility index (Phi) is 13.6. The van der Waals surface area contributed by atoms with Gasteiger partial charge in [0, 0.05) is 49.2 Å². The monoisotopic (exact) mass is 1070 g/mol. The van der Waals surface area contributed by atoms with Crippen LogP contribution in [0.1, 0.15) is 110 Å². The number of para-hydroxylation sites is 2. The zero-order valence-electron chi connectivity index (χ0n) is 45.1. The molecule has 8 aliphatic heterocycles. The molecule has 8 heterocycles. The van der Waals surface area contributed by atoms with E-state index >= 15 is 19.2 Å². The second-order valence-corrected chi connectivity index (χ2v) is 23.4. The highest BCUT2D eigenvalue weighted by atomic mass is 16.3. The van der Waals surface area contributed by atoms with Crippen LogP contribution in [0.2, 0.25) is 0 Å². The van der Waals surface area contributed by atoms with Gasteiger partial charge in [0.05, 0.1) is 11.7 Å². The van der Waals surface area contributed by atoms with Crippen LogP contribution in [-0.4, -0.2) is 146 Å². The number of hydrogen-bond acceptors (Lipinski definition) is 12. The van der Waals surface area contributed by atoms with Gasteiger partial charge in [0.1, 0.15) is 71.5 Å². The van der Waals surface area contributed by atoms with Gasteiger partial charge >= 0.3 is 0 Å². The van der Waals surface area contributed by atoms with Gasteiger partial charge in [0.15, 0.2) is 0 Å². The minimum atomic E-state index is -1.76. The second kappa shape index (κ2) is 20.0. The van der Waals surface area contributed by atoms with Crippen molar-refractivity contribution in [1.82, 2.24) is 41.3 Å². The predicted octanol–water partition coefficient (Wildman–Crippen LogP) is 2.20. The van der Waals surface area contributed by atoms with Crippen LogP contribution in [0.3, 0.4) is 0 Å². The number of carbonyl (C=O) groups is 8. The third kappa shape index (κ3) is 8.20. The first-order valence-corrected chi connectivity index (χ1v) is 28.1. The maximum atomic E-state index is 15.7. The highest BCUT2D eigenvalue weighted by Gasteiger charge is 2.73. The molecule has 0 saturated carbocycles. The number of nitrogens with one attached hydrogen (secondary N) is 5. The summed E-state index contributed by atoms with van der Waals surface area (Å²) in [5, 5.41) is 39.3. The fourth-order valence-electron chi connectivity index (χ4n) is 14.2. The number of fused-ring (bicyclic) bond motifs is 9. The molecular formula is C58H72N10O10. The maximum Gasteiger partial charge on any atom is 0.252 e. The number of benzene rings is 3. The van der Waals surface area contributed by atoms with Crippen molar-refractivity contribution in [2.75, 3.05) is 22.9 Å². The third-order valence-corrected chi connectivity index (χ3v) is 18.6. The number of aromatic hydroxyl groups is 1. The lowest BCUT2D eigenvalue weighted by atomic mass is 9.76. The summed E-state index contributed by atoms with van der Waals surface area (Å²) in [5.41, 5.74) is -0.289. The first-order valence-electron chi connectivity index (χ1n) is 28.1. The molecule has 0 aromatic heterocycles. The van der Waals surface area contributed by atoms with Crippen molar-refractivity contribution in [2.45, 2.75) is 171 Å². The summed E-state index contributed by atoms with van der Waals surface area (Å²) in [7, 11) is 0. The molecule has 20 heteroatoms. The van der Waals surface area contributed by atoms with Crippen molar-refractivity contribution in [2.24, 2.45) is 17.8 Å². The van der Waals surface area contributed by atoms with Crippen molar-refractivity contribution in [3.05, 3.63) is 89.5 Å². The highest BCUT2D eigenvalue weighted by Crippen LogP contribution is 2.63. The van der Waals surface area contributed by atoms with Crippen LogP contribution in [0.25, 0.3) is 0 Å². The van der Waals surface area contributed by atoms with Crippen molar-refractivity contribution < 1.29 is 48.6 Å². The quantitative estimate of drug-likeness (QED) is 0.180. The number of aliphatic hydroxyl groups is 1. The van der Waals surface area contributed by atoms with Crippen LogP contribution >= 0.6 is 0 Å². The first-order chi connectivity index (χ1) is 37.3. The summed E-state index contributed by atoms with van der Waals surface area (Å²) in [4.78, 5) is 128. The Morgan fingerprint density at radius 2 is 1.17 bits per heavy atom. The van der Waals surface area contributed by atoms with Crippen LogP contribution in [0.5, 0.6) is 5.75 Å². The van der Waals surface area contributed by atoms with E-state index < -0.39 is 125 Å². The third-order valence-electron chi connectivity index (χ3n) is 18.6. The molecule has 8 amide bonds. The molecule has 4 unspecified atom stereocenters. The zero-order valence-corrected chi connectivity index (χ0v) is 45.1. The van der Waals surface area contributed by atoms with Gasteiger partial charge < -0.3 is 51.1 Å². The van der Waals surface area contributed by atoms with E-state index in [1.807, 2.05) is 69.0 Å². The average Bonchev–Trinajstić information content (AvgIpc) is 2.96. The average molecular weight is 1070 g/mol. The van der Waals surface area contributed by atoms with Gasteiger partial charge in [-0.1, -0.05) is 103 Å². The highest BCUT2D eigenvalue weighted by molar-refractivity contribution is 6.09. The van der Waals surface area contributed by atoms with Gasteiger partial charge in [0.25, 0.3) is 5.91 Å². The largest absolute Gasteiger partial charge is 0.508 e. The number of carbonyl (C=O) groups excluding carboxylic acids is 8. The molecule has 20 nitrogen and oxygen atoms in total. The molecule has 6 saturated heterocycles. The Labute approximate surface area is 454 Å². The molecule has 0 aliphatic carbocycles. The minimum absolute atomic E-state index is 0.0259. The molecule has 14 atom stereocenters. The fraction of sp³-hybridized carbons (Fsp3) is 0.552. The van der Waals surface area contributed by atoms with Crippen LogP contribution < -0.4 is 36.4 Å². The Morgan fingerprint density at radius 1 is 0.603 bits per heavy atom. The number of phenols is 1. The molecule has 4 bridgehead atoms. The normalized spacial score (nSPS) is 33.7. The molecule has 1 spiro atoms. The number of anilines is 2. The smallest absolute Gasteiger partial charge is 0.252 e. The summed E-state index contributed by atoms with van der Waals surface area (Å²) in [6.45, 7) is 11.5. The van der Waals surface area contributed by atoms with Crippen LogP contribution in [-0.2, 0) is 55.9 Å². The summed E-state index contributed by atoms with van der Waals surface area (Å²) in [6.07, 6.45) is 0.236. The topological polar surface area (TPSA) is 253 Å². The Bertz CT molecular complexity index is 2960. The lowest BCUT2D eigenvalue weighted by molar-refractivity contribution is -0.148. The first kappa shape index (κ1) is 53.0. The van der Waals surface area contributed by atoms with E-state index in [4.69, 9.17) is 0 Å². The maximum absolute atomic E-state index is 15.7. The molecule has 7 N–H and O–H groups in total. The van der Waals surface area contributed by atoms with Gasteiger partial charge in [-0.05, 0) is 73.3 Å². The molecule has 11 rings (SSSR count). The van der Waals surface area contributed by atoms with Gasteiger partial charge in [-0.15, -0.1) is 0 Å². The molecule has 3 aromatic carbocycles. The number of phenolic OH excluding ortho intramolecular Hbond substituents is 1. The SMILES string of the molecule is CCC(C)[C@@H]1NC(=O)C2C[C@@]3(O)c4ccccc4N([C@H]3N2)[C@@]23C[C@@H](NC(=O)[C@@H](C(C)CC)NC(=O)[C@@H]4CCCN4C(=O)[C@H](C(C)C)NC(=O)[C@@H]4CCCN4C1=O)C(=O)N1C2N(C(=O)[C@@H]1Cc1ccc(O)cc1)c1ccccc13. The summed E-state index contributed by atoms with van der Waals surface area (Å²) >= 11 is 0. The second-order valence-electron chi connectivity index (χ2n) is 23.4. The van der Waals surface area contributed by atoms with E-state index in [-0.39, 0.29) is 49.9 Å². The lowest BCUT2D eigenvalue weighted by Gasteiger charge is -2.54. The van der Waals surface area contributed by atoms with Gasteiger partial charge in [-0.3, -0.25) is 48.6 Å². The Morgan fingerprint density at radius 3 is 1.79 bits per heavy atom. The fourth-order valence-corrected chi connectivity index (χ4v) is 14.2. The van der Waals surface area contributed by atoms with Crippen LogP contribution in [0.15, 0.2) is 72.8 Å². The molecule has 78 heavy (non-hydrogen) atoms. The molecule has 3 aromatic rings. The van der Waals surface area contributed by atoms with E-state index in [2.05, 4.69) is 26.6 Å². The van der Waals surface area contributed by atoms with Gasteiger partial charge in [-0.25, -0.2) is 0 Å². The molecule has 414 valence electrons. The predicted molar refractivity (Wildman–Crippen MR) is 286 cm³/mol. The van der Waals surface area contributed by atoms with Crippen LogP contribution in [0, 0.1) is 17.8 Å². The molecular weight excluding hydrogens is 997 g/mol. The van der Waals surface area contributed by atoms with Crippen molar-refractivity contribution in [3.63, 3.8) is 0 Å². The van der Waals surface area contributed by atoms with Gasteiger partial charge in [0.2, 0.25) is 41.4 Å². The molecule has 8 aliphatic rings. The molecule has 0 radical (unpaired) electrons. The van der Waals surface area contributed by atoms with E-state index in [9.17, 15) is 29.4 Å². The number of piperidine rings is 1. The van der Waals surface area contributed by atoms with E-state index in [1.54, 1.807) is 47.9 Å². The minimum Gasteiger partial charge on any atom is -0.508 e. The van der Waals surface area contributed by atoms with E-state index in [1.165, 1.54) is 21.9 Å². The molecule has 6 fully saturated rings. The number of nitrogens with zero attached hydrogens (tertiary/aromatic N) is 5. The zero-order chi connectivity index (χ0) is 55.3. The Hall–Kier alpha value is -7.06. The van der Waals surface area contributed by atoms with Crippen molar-refractivity contribution >= 4 is 58.6 Å². The summed E-state index contributed by atoms with van der Waals surface area (Å²) in [5.74, 6) is -5.34. The lowest BCUT2D eigenvalue weighted by Crippen LogP contribution is -2.73. The summed E-state index contributed by atoms with van der Waals surface area (Å²) in [6, 6.07) is 12.3. The number of hydrogen-bond donors (Lipinski definition) is 7. The number of amides is 8. The van der Waals surface area contributed by atoms with Crippen LogP contribution in [0.4, 0.5) is 11.4 Å². The van der Waals surface area contributed by atoms with E-state index in [0.29, 0.717) is 66.6 Å². The van der Waals surface area contributed by atoms with Gasteiger partial charge in [-0.2, -0.15) is 0 Å². The standard InChI is InChI=1S/C58H72N10O10/c1-7-31(5)45-50(73)59-38-28-57(35-15-9-11-17-39(35)66-52(75)43(67(51(38)74)56(57)66)27-33-21-23-34(69)24-22-33)68-40-18-12-10-16-36(40)58(78)29-37(60-55(58)68)47(70)63-46(32(6)8-2)54(77)65-26-14-19-41(65)48(71)61-44(30(3)4)53(76)64-25-13-20-42(64)49(72)62-45/h9-12,15-18,21-24,30-32,37-38,41-46,55-56,60,69,78H,7-8,13-14,19-20,25-29H2,1-6H3,(H,59,73)(H,61,71)(H,62,72)(H,63,70)/t31?,32?,37?,38-,41+,42+,43+,44+,45-,46+,55-,56?,57-,58-/m1/s1. The number of rotatable bonds is 7.